The van der Waals surface area contributed by atoms with Gasteiger partial charge in [0.2, 0.25) is 5.91 Å². The van der Waals surface area contributed by atoms with Crippen molar-refractivity contribution in [3.8, 4) is 10.6 Å². The number of thiophene rings is 1. The molecular weight excluding hydrogens is 308 g/mol. The Bertz CT molecular complexity index is 785. The number of anilines is 2. The standard InChI is InChI=1S/C17H16N4OS/c1-12(22)18-10-13-4-6-14(7-5-13)21-17-9-15(19-11-20-17)16-3-2-8-23-16/h2-9,11H,10H2,1H3,(H,18,22)(H,19,20,21). The third kappa shape index (κ3) is 4.14. The van der Waals surface area contributed by atoms with Crippen molar-refractivity contribution in [3.05, 3.63) is 59.7 Å². The smallest absolute Gasteiger partial charge is 0.217 e. The molecule has 0 aliphatic carbocycles. The van der Waals surface area contributed by atoms with Gasteiger partial charge in [0.1, 0.15) is 12.1 Å². The fraction of sp³-hybridized carbons (Fsp3) is 0.118. The molecule has 2 aromatic heterocycles. The van der Waals surface area contributed by atoms with Gasteiger partial charge in [-0.05, 0) is 29.1 Å². The van der Waals surface area contributed by atoms with Crippen LogP contribution < -0.4 is 10.6 Å². The first-order valence-corrected chi connectivity index (χ1v) is 8.05. The van der Waals surface area contributed by atoms with Crippen molar-refractivity contribution in [2.45, 2.75) is 13.5 Å². The maximum Gasteiger partial charge on any atom is 0.217 e. The lowest BCUT2D eigenvalue weighted by molar-refractivity contribution is -0.119. The van der Waals surface area contributed by atoms with Gasteiger partial charge in [-0.2, -0.15) is 0 Å². The zero-order valence-electron chi connectivity index (χ0n) is 12.6. The highest BCUT2D eigenvalue weighted by Gasteiger charge is 2.03. The van der Waals surface area contributed by atoms with Crippen molar-refractivity contribution < 1.29 is 4.79 Å². The van der Waals surface area contributed by atoms with E-state index in [1.54, 1.807) is 17.7 Å². The molecule has 23 heavy (non-hydrogen) atoms. The average molecular weight is 324 g/mol. The van der Waals surface area contributed by atoms with Crippen molar-refractivity contribution >= 4 is 28.7 Å². The summed E-state index contributed by atoms with van der Waals surface area (Å²) in [6.45, 7) is 2.04. The second-order valence-corrected chi connectivity index (χ2v) is 5.95. The molecule has 1 amide bonds. The van der Waals surface area contributed by atoms with Gasteiger partial charge in [-0.1, -0.05) is 18.2 Å². The van der Waals surface area contributed by atoms with Crippen LogP contribution in [0.5, 0.6) is 0 Å². The molecule has 2 heterocycles. The molecule has 0 saturated heterocycles. The Labute approximate surface area is 138 Å². The highest BCUT2D eigenvalue weighted by molar-refractivity contribution is 7.13. The zero-order valence-corrected chi connectivity index (χ0v) is 13.4. The molecule has 2 N–H and O–H groups in total. The highest BCUT2D eigenvalue weighted by Crippen LogP contribution is 2.24. The molecule has 3 rings (SSSR count). The van der Waals surface area contributed by atoms with E-state index in [4.69, 9.17) is 0 Å². The van der Waals surface area contributed by atoms with Crippen LogP contribution in [-0.2, 0) is 11.3 Å². The monoisotopic (exact) mass is 324 g/mol. The van der Waals surface area contributed by atoms with Crippen molar-refractivity contribution in [1.82, 2.24) is 15.3 Å². The predicted octanol–water partition coefficient (Wildman–Crippen LogP) is 3.58. The summed E-state index contributed by atoms with van der Waals surface area (Å²) in [5.41, 5.74) is 2.89. The minimum Gasteiger partial charge on any atom is -0.352 e. The second kappa shape index (κ2) is 7.02. The summed E-state index contributed by atoms with van der Waals surface area (Å²) in [6.07, 6.45) is 1.56. The van der Waals surface area contributed by atoms with Gasteiger partial charge in [-0.15, -0.1) is 11.3 Å². The molecule has 0 bridgehead atoms. The lowest BCUT2D eigenvalue weighted by Gasteiger charge is -2.08. The molecule has 116 valence electrons. The number of carbonyl (C=O) groups is 1. The first-order chi connectivity index (χ1) is 11.2. The normalized spacial score (nSPS) is 10.3. The van der Waals surface area contributed by atoms with Crippen LogP contribution in [0.3, 0.4) is 0 Å². The minimum atomic E-state index is -0.0331. The Morgan fingerprint density at radius 2 is 2.00 bits per heavy atom. The Morgan fingerprint density at radius 3 is 2.70 bits per heavy atom. The molecule has 1 aromatic carbocycles. The number of nitrogens with one attached hydrogen (secondary N) is 2. The van der Waals surface area contributed by atoms with E-state index in [1.165, 1.54) is 6.92 Å². The molecule has 0 aliphatic heterocycles. The first kappa shape index (κ1) is 15.2. The molecule has 0 aliphatic rings. The number of nitrogens with zero attached hydrogens (tertiary/aromatic N) is 2. The number of carbonyl (C=O) groups excluding carboxylic acids is 1. The summed E-state index contributed by atoms with van der Waals surface area (Å²) in [7, 11) is 0. The van der Waals surface area contributed by atoms with Crippen molar-refractivity contribution in [1.29, 1.82) is 0 Å². The lowest BCUT2D eigenvalue weighted by atomic mass is 10.2. The topological polar surface area (TPSA) is 66.9 Å². The van der Waals surface area contributed by atoms with E-state index in [-0.39, 0.29) is 5.91 Å². The van der Waals surface area contributed by atoms with E-state index in [0.717, 1.165) is 27.6 Å². The average Bonchev–Trinajstić information content (AvgIpc) is 3.09. The first-order valence-electron chi connectivity index (χ1n) is 7.17. The maximum absolute atomic E-state index is 10.9. The molecule has 6 heteroatoms. The van der Waals surface area contributed by atoms with Crippen molar-refractivity contribution in [2.24, 2.45) is 0 Å². The number of aromatic nitrogens is 2. The SMILES string of the molecule is CC(=O)NCc1ccc(Nc2cc(-c3cccs3)ncn2)cc1. The molecule has 0 unspecified atom stereocenters. The lowest BCUT2D eigenvalue weighted by Crippen LogP contribution is -2.18. The van der Waals surface area contributed by atoms with Gasteiger partial charge >= 0.3 is 0 Å². The van der Waals surface area contributed by atoms with Crippen LogP contribution in [0.25, 0.3) is 10.6 Å². The van der Waals surface area contributed by atoms with Crippen LogP contribution >= 0.6 is 11.3 Å². The summed E-state index contributed by atoms with van der Waals surface area (Å²) in [5, 5.41) is 8.07. The van der Waals surface area contributed by atoms with E-state index >= 15 is 0 Å². The largest absolute Gasteiger partial charge is 0.352 e. The van der Waals surface area contributed by atoms with E-state index in [1.807, 2.05) is 47.8 Å². The summed E-state index contributed by atoms with van der Waals surface area (Å²) in [5.74, 6) is 0.715. The fourth-order valence-electron chi connectivity index (χ4n) is 2.07. The molecule has 0 radical (unpaired) electrons. The predicted molar refractivity (Wildman–Crippen MR) is 92.6 cm³/mol. The van der Waals surface area contributed by atoms with Crippen molar-refractivity contribution in [3.63, 3.8) is 0 Å². The van der Waals surface area contributed by atoms with Gasteiger partial charge in [0.25, 0.3) is 0 Å². The van der Waals surface area contributed by atoms with Gasteiger partial charge in [0.05, 0.1) is 10.6 Å². The molecule has 0 spiro atoms. The summed E-state index contributed by atoms with van der Waals surface area (Å²) in [4.78, 5) is 20.6. The Balaban J connectivity index is 1.70. The Morgan fingerprint density at radius 1 is 1.17 bits per heavy atom. The van der Waals surface area contributed by atoms with E-state index < -0.39 is 0 Å². The van der Waals surface area contributed by atoms with Gasteiger partial charge in [0.15, 0.2) is 0 Å². The number of hydrogen-bond acceptors (Lipinski definition) is 5. The van der Waals surface area contributed by atoms with Crippen LogP contribution in [0.4, 0.5) is 11.5 Å². The van der Waals surface area contributed by atoms with Gasteiger partial charge in [0, 0.05) is 25.2 Å². The number of amides is 1. The Hall–Kier alpha value is -2.73. The van der Waals surface area contributed by atoms with E-state index in [2.05, 4.69) is 20.6 Å². The van der Waals surface area contributed by atoms with Crippen LogP contribution in [0.15, 0.2) is 54.2 Å². The van der Waals surface area contributed by atoms with Crippen LogP contribution in [0.2, 0.25) is 0 Å². The van der Waals surface area contributed by atoms with E-state index in [9.17, 15) is 4.79 Å². The Kier molecular flexibility index (Phi) is 4.63. The third-order valence-electron chi connectivity index (χ3n) is 3.21. The maximum atomic E-state index is 10.9. The van der Waals surface area contributed by atoms with Gasteiger partial charge in [-0.25, -0.2) is 9.97 Å². The second-order valence-electron chi connectivity index (χ2n) is 5.00. The molecule has 3 aromatic rings. The summed E-state index contributed by atoms with van der Waals surface area (Å²) in [6, 6.07) is 13.8. The summed E-state index contributed by atoms with van der Waals surface area (Å²) < 4.78 is 0. The number of rotatable bonds is 5. The van der Waals surface area contributed by atoms with Crippen LogP contribution in [0, 0.1) is 0 Å². The minimum absolute atomic E-state index is 0.0331. The number of benzene rings is 1. The highest BCUT2D eigenvalue weighted by atomic mass is 32.1. The quantitative estimate of drug-likeness (QED) is 0.753. The fourth-order valence-corrected chi connectivity index (χ4v) is 2.76. The van der Waals surface area contributed by atoms with Gasteiger partial charge in [-0.3, -0.25) is 4.79 Å². The van der Waals surface area contributed by atoms with Crippen LogP contribution in [-0.4, -0.2) is 15.9 Å². The zero-order chi connectivity index (χ0) is 16.1. The summed E-state index contributed by atoms with van der Waals surface area (Å²) >= 11 is 1.65. The third-order valence-corrected chi connectivity index (χ3v) is 4.10. The molecule has 0 fully saturated rings. The number of hydrogen-bond donors (Lipinski definition) is 2. The van der Waals surface area contributed by atoms with Gasteiger partial charge < -0.3 is 10.6 Å². The molecule has 0 saturated carbocycles. The van der Waals surface area contributed by atoms with E-state index in [0.29, 0.717) is 6.54 Å². The van der Waals surface area contributed by atoms with Crippen LogP contribution in [0.1, 0.15) is 12.5 Å². The molecule has 0 atom stereocenters. The molecule has 5 nitrogen and oxygen atoms in total. The molecular formula is C17H16N4OS. The van der Waals surface area contributed by atoms with Crippen molar-refractivity contribution in [2.75, 3.05) is 5.32 Å².